The fourth-order valence-electron chi connectivity index (χ4n) is 1.70. The van der Waals surface area contributed by atoms with Gasteiger partial charge >= 0.3 is 0 Å². The summed E-state index contributed by atoms with van der Waals surface area (Å²) in [6, 6.07) is 0. The number of ether oxygens (including phenoxy) is 2. The first-order valence-electron chi connectivity index (χ1n) is 5.99. The van der Waals surface area contributed by atoms with Crippen LogP contribution < -0.4 is 5.32 Å². The van der Waals surface area contributed by atoms with Crippen molar-refractivity contribution in [2.75, 3.05) is 26.4 Å². The van der Waals surface area contributed by atoms with Gasteiger partial charge in [-0.2, -0.15) is 0 Å². The molecule has 4 nitrogen and oxygen atoms in total. The van der Waals surface area contributed by atoms with Crippen LogP contribution in [0.15, 0.2) is 0 Å². The molecule has 0 aromatic rings. The van der Waals surface area contributed by atoms with E-state index in [0.717, 1.165) is 6.42 Å². The maximum Gasteiger partial charge on any atom is 0.251 e. The van der Waals surface area contributed by atoms with Gasteiger partial charge in [0, 0.05) is 11.4 Å². The second-order valence-electron chi connectivity index (χ2n) is 5.54. The Bertz CT molecular complexity index is 247. The Labute approximate surface area is 112 Å². The molecule has 1 heterocycles. The monoisotopic (exact) mass is 307 g/mol. The molecule has 100 valence electrons. The first-order valence-corrected chi connectivity index (χ1v) is 6.91. The van der Waals surface area contributed by atoms with Gasteiger partial charge in [0.2, 0.25) is 0 Å². The van der Waals surface area contributed by atoms with Crippen LogP contribution in [-0.4, -0.2) is 43.2 Å². The lowest BCUT2D eigenvalue weighted by Gasteiger charge is -2.25. The highest BCUT2D eigenvalue weighted by atomic mass is 79.9. The normalized spacial score (nSPS) is 23.2. The van der Waals surface area contributed by atoms with Crippen LogP contribution in [0.2, 0.25) is 0 Å². The van der Waals surface area contributed by atoms with Crippen molar-refractivity contribution in [2.24, 2.45) is 5.41 Å². The van der Waals surface area contributed by atoms with Gasteiger partial charge < -0.3 is 14.8 Å². The summed E-state index contributed by atoms with van der Waals surface area (Å²) in [6.07, 6.45) is 0.563. The van der Waals surface area contributed by atoms with Gasteiger partial charge in [0.15, 0.2) is 6.10 Å². The number of nitrogens with one attached hydrogen (secondary N) is 1. The van der Waals surface area contributed by atoms with Crippen LogP contribution >= 0.6 is 15.9 Å². The predicted octanol–water partition coefficient (Wildman–Crippen LogP) is 1.72. The molecule has 1 rings (SSSR count). The van der Waals surface area contributed by atoms with Crippen molar-refractivity contribution < 1.29 is 14.3 Å². The number of amides is 1. The van der Waals surface area contributed by atoms with Crippen molar-refractivity contribution in [1.29, 1.82) is 0 Å². The second kappa shape index (κ2) is 6.71. The Hall–Kier alpha value is -0.130. The van der Waals surface area contributed by atoms with E-state index in [1.54, 1.807) is 0 Å². The zero-order chi connectivity index (χ0) is 12.9. The van der Waals surface area contributed by atoms with Gasteiger partial charge in [-0.05, 0) is 11.8 Å². The maximum atomic E-state index is 11.7. The topological polar surface area (TPSA) is 47.6 Å². The lowest BCUT2D eigenvalue weighted by atomic mass is 9.90. The van der Waals surface area contributed by atoms with Gasteiger partial charge in [-0.1, -0.05) is 36.7 Å². The molecule has 0 aromatic carbocycles. The fraction of sp³-hybridized carbons (Fsp3) is 0.917. The zero-order valence-electron chi connectivity index (χ0n) is 10.8. The van der Waals surface area contributed by atoms with Crippen molar-refractivity contribution in [3.63, 3.8) is 0 Å². The van der Waals surface area contributed by atoms with Gasteiger partial charge in [-0.15, -0.1) is 0 Å². The standard InChI is InChI=1S/C12H22BrNO3/c1-12(2,3)6-9(13)7-14-11(15)10-8-16-4-5-17-10/h9-10H,4-8H2,1-3H3,(H,14,15). The maximum absolute atomic E-state index is 11.7. The van der Waals surface area contributed by atoms with Crippen molar-refractivity contribution in [3.05, 3.63) is 0 Å². The highest BCUT2D eigenvalue weighted by Crippen LogP contribution is 2.24. The largest absolute Gasteiger partial charge is 0.376 e. The first-order chi connectivity index (χ1) is 7.88. The lowest BCUT2D eigenvalue weighted by molar-refractivity contribution is -0.147. The average Bonchev–Trinajstić information content (AvgIpc) is 2.25. The number of carbonyl (C=O) groups is 1. The van der Waals surface area contributed by atoms with E-state index in [0.29, 0.717) is 26.4 Å². The number of alkyl halides is 1. The van der Waals surface area contributed by atoms with Crippen molar-refractivity contribution in [2.45, 2.75) is 38.1 Å². The number of halogens is 1. The number of rotatable bonds is 4. The van der Waals surface area contributed by atoms with Crippen LogP contribution in [-0.2, 0) is 14.3 Å². The molecule has 0 aliphatic carbocycles. The molecule has 1 saturated heterocycles. The molecular formula is C12H22BrNO3. The highest BCUT2D eigenvalue weighted by Gasteiger charge is 2.23. The molecule has 1 aliphatic rings. The smallest absolute Gasteiger partial charge is 0.251 e. The molecule has 1 aliphatic heterocycles. The lowest BCUT2D eigenvalue weighted by Crippen LogP contribution is -2.44. The first kappa shape index (κ1) is 14.9. The molecular weight excluding hydrogens is 286 g/mol. The minimum atomic E-state index is -0.446. The third-order valence-corrected chi connectivity index (χ3v) is 3.09. The van der Waals surface area contributed by atoms with Gasteiger partial charge in [0.05, 0.1) is 19.8 Å². The van der Waals surface area contributed by atoms with E-state index in [-0.39, 0.29) is 16.1 Å². The summed E-state index contributed by atoms with van der Waals surface area (Å²) >= 11 is 3.58. The molecule has 0 saturated carbocycles. The fourth-order valence-corrected chi connectivity index (χ4v) is 2.83. The summed E-state index contributed by atoms with van der Waals surface area (Å²) in [5, 5.41) is 2.88. The van der Waals surface area contributed by atoms with Gasteiger partial charge in [0.25, 0.3) is 5.91 Å². The van der Waals surface area contributed by atoms with Crippen LogP contribution in [0.1, 0.15) is 27.2 Å². The average molecular weight is 308 g/mol. The van der Waals surface area contributed by atoms with E-state index in [9.17, 15) is 4.79 Å². The number of hydrogen-bond acceptors (Lipinski definition) is 3. The Balaban J connectivity index is 2.22. The summed E-state index contributed by atoms with van der Waals surface area (Å²) in [4.78, 5) is 12.0. The van der Waals surface area contributed by atoms with Crippen LogP contribution in [0.25, 0.3) is 0 Å². The summed E-state index contributed by atoms with van der Waals surface area (Å²) in [5.41, 5.74) is 0.253. The van der Waals surface area contributed by atoms with E-state index in [4.69, 9.17) is 9.47 Å². The number of hydrogen-bond donors (Lipinski definition) is 1. The van der Waals surface area contributed by atoms with E-state index in [1.807, 2.05) is 0 Å². The Morgan fingerprint density at radius 3 is 2.71 bits per heavy atom. The molecule has 0 bridgehead atoms. The van der Waals surface area contributed by atoms with Crippen molar-refractivity contribution in [3.8, 4) is 0 Å². The van der Waals surface area contributed by atoms with Crippen molar-refractivity contribution in [1.82, 2.24) is 5.32 Å². The molecule has 5 heteroatoms. The van der Waals surface area contributed by atoms with Crippen LogP contribution in [0, 0.1) is 5.41 Å². The summed E-state index contributed by atoms with van der Waals surface area (Å²) in [5.74, 6) is -0.0805. The molecule has 17 heavy (non-hydrogen) atoms. The molecule has 1 fully saturated rings. The molecule has 2 atom stereocenters. The second-order valence-corrected chi connectivity index (χ2v) is 6.84. The van der Waals surface area contributed by atoms with E-state index in [1.165, 1.54) is 0 Å². The minimum absolute atomic E-state index is 0.0805. The van der Waals surface area contributed by atoms with Crippen LogP contribution in [0.5, 0.6) is 0 Å². The van der Waals surface area contributed by atoms with Gasteiger partial charge in [-0.3, -0.25) is 4.79 Å². The Morgan fingerprint density at radius 1 is 1.47 bits per heavy atom. The third-order valence-electron chi connectivity index (χ3n) is 2.44. The van der Waals surface area contributed by atoms with E-state index < -0.39 is 6.10 Å². The number of carbonyl (C=O) groups excluding carboxylic acids is 1. The van der Waals surface area contributed by atoms with E-state index in [2.05, 4.69) is 42.0 Å². The van der Waals surface area contributed by atoms with Crippen LogP contribution in [0.3, 0.4) is 0 Å². The van der Waals surface area contributed by atoms with Gasteiger partial charge in [0.1, 0.15) is 0 Å². The van der Waals surface area contributed by atoms with Crippen molar-refractivity contribution >= 4 is 21.8 Å². The summed E-state index contributed by atoms with van der Waals surface area (Å²) in [6.45, 7) is 8.60. The third kappa shape index (κ3) is 6.38. The molecule has 2 unspecified atom stereocenters. The minimum Gasteiger partial charge on any atom is -0.376 e. The van der Waals surface area contributed by atoms with Gasteiger partial charge in [-0.25, -0.2) is 0 Å². The molecule has 1 N–H and O–H groups in total. The summed E-state index contributed by atoms with van der Waals surface area (Å²) in [7, 11) is 0. The zero-order valence-corrected chi connectivity index (χ0v) is 12.4. The predicted molar refractivity (Wildman–Crippen MR) is 70.4 cm³/mol. The van der Waals surface area contributed by atoms with Crippen LogP contribution in [0.4, 0.5) is 0 Å². The Kier molecular flexibility index (Phi) is 5.89. The molecule has 0 radical (unpaired) electrons. The molecule has 0 spiro atoms. The SMILES string of the molecule is CC(C)(C)CC(Br)CNC(=O)C1COCCO1. The highest BCUT2D eigenvalue weighted by molar-refractivity contribution is 9.09. The molecule has 1 amide bonds. The summed E-state index contributed by atoms with van der Waals surface area (Å²) < 4.78 is 10.5. The van der Waals surface area contributed by atoms with E-state index >= 15 is 0 Å². The molecule has 0 aromatic heterocycles. The quantitative estimate of drug-likeness (QED) is 0.805. The Morgan fingerprint density at radius 2 is 2.18 bits per heavy atom.